The number of hydrogen-bond donors (Lipinski definition) is 1. The fourth-order valence-electron chi connectivity index (χ4n) is 1.91. The van der Waals surface area contributed by atoms with Crippen molar-refractivity contribution in [3.8, 4) is 11.8 Å². The Labute approximate surface area is 117 Å². The lowest BCUT2D eigenvalue weighted by Gasteiger charge is -2.11. The van der Waals surface area contributed by atoms with E-state index in [4.69, 9.17) is 10.00 Å². The van der Waals surface area contributed by atoms with E-state index in [-0.39, 0.29) is 12.4 Å². The molecule has 3 nitrogen and oxygen atoms in total. The summed E-state index contributed by atoms with van der Waals surface area (Å²) >= 11 is 0. The molecule has 0 radical (unpaired) electrons. The summed E-state index contributed by atoms with van der Waals surface area (Å²) in [5.41, 5.74) is 2.33. The van der Waals surface area contributed by atoms with Crippen LogP contribution in [0.25, 0.3) is 0 Å². The molecule has 20 heavy (non-hydrogen) atoms. The molecule has 0 heterocycles. The number of rotatable bonds is 5. The van der Waals surface area contributed by atoms with Gasteiger partial charge in [-0.1, -0.05) is 24.3 Å². The minimum absolute atomic E-state index is 0.0172. The summed E-state index contributed by atoms with van der Waals surface area (Å²) in [5.74, 6) is 0.373. The highest BCUT2D eigenvalue weighted by molar-refractivity contribution is 5.52. The van der Waals surface area contributed by atoms with Gasteiger partial charge >= 0.3 is 0 Å². The molecule has 0 bridgehead atoms. The lowest BCUT2D eigenvalue weighted by atomic mass is 10.1. The first-order valence-electron chi connectivity index (χ1n) is 6.28. The number of nitrogens with one attached hydrogen (secondary N) is 1. The number of anilines is 1. The van der Waals surface area contributed by atoms with Gasteiger partial charge < -0.3 is 10.1 Å². The van der Waals surface area contributed by atoms with Crippen molar-refractivity contribution >= 4 is 5.69 Å². The molecule has 0 spiro atoms. The number of benzene rings is 2. The molecule has 0 aliphatic rings. The van der Waals surface area contributed by atoms with Crippen molar-refractivity contribution in [2.24, 2.45) is 0 Å². The predicted octanol–water partition coefficient (Wildman–Crippen LogP) is 3.65. The van der Waals surface area contributed by atoms with E-state index in [1.807, 2.05) is 37.3 Å². The van der Waals surface area contributed by atoms with Gasteiger partial charge in [0.1, 0.15) is 17.6 Å². The molecule has 102 valence electrons. The van der Waals surface area contributed by atoms with Crippen LogP contribution in [0.2, 0.25) is 0 Å². The Bertz CT molecular complexity index is 614. The summed E-state index contributed by atoms with van der Waals surface area (Å²) in [6, 6.07) is 14.3. The third kappa shape index (κ3) is 3.48. The first kappa shape index (κ1) is 13.9. The second-order valence-corrected chi connectivity index (χ2v) is 4.38. The van der Waals surface area contributed by atoms with Crippen molar-refractivity contribution in [2.75, 3.05) is 11.9 Å². The zero-order chi connectivity index (χ0) is 14.4. The highest BCUT2D eigenvalue weighted by atomic mass is 19.1. The van der Waals surface area contributed by atoms with Crippen LogP contribution in [0, 0.1) is 24.1 Å². The number of para-hydroxylation sites is 1. The first-order chi connectivity index (χ1) is 9.70. The lowest BCUT2D eigenvalue weighted by molar-refractivity contribution is 0.368. The Morgan fingerprint density at radius 1 is 1.25 bits per heavy atom. The molecule has 0 fully saturated rings. The standard InChI is InChI=1S/C16H15FN2O/c1-12-4-2-7-15(17)16(12)19-11-13-5-3-6-14(10-13)20-9-8-18/h2-7,10,19H,9,11H2,1H3. The molecule has 2 aromatic rings. The van der Waals surface area contributed by atoms with E-state index in [9.17, 15) is 4.39 Å². The van der Waals surface area contributed by atoms with Crippen molar-refractivity contribution in [1.82, 2.24) is 0 Å². The molecule has 4 heteroatoms. The van der Waals surface area contributed by atoms with Gasteiger partial charge in [-0.05, 0) is 36.2 Å². The minimum atomic E-state index is -0.262. The van der Waals surface area contributed by atoms with Crippen LogP contribution in [0.15, 0.2) is 42.5 Å². The Hall–Kier alpha value is -2.54. The number of halogens is 1. The minimum Gasteiger partial charge on any atom is -0.479 e. The number of hydrogen-bond acceptors (Lipinski definition) is 3. The quantitative estimate of drug-likeness (QED) is 0.902. The highest BCUT2D eigenvalue weighted by Crippen LogP contribution is 2.20. The molecule has 0 saturated heterocycles. The number of ether oxygens (including phenoxy) is 1. The second kappa shape index (κ2) is 6.58. The average molecular weight is 270 g/mol. The number of nitriles is 1. The summed E-state index contributed by atoms with van der Waals surface area (Å²) in [5, 5.41) is 11.6. The maximum Gasteiger partial charge on any atom is 0.174 e. The van der Waals surface area contributed by atoms with Crippen molar-refractivity contribution in [3.63, 3.8) is 0 Å². The summed E-state index contributed by atoms with van der Waals surface area (Å²) < 4.78 is 18.9. The zero-order valence-electron chi connectivity index (χ0n) is 11.2. The van der Waals surface area contributed by atoms with Gasteiger partial charge in [0, 0.05) is 6.54 Å². The monoisotopic (exact) mass is 270 g/mol. The summed E-state index contributed by atoms with van der Waals surface area (Å²) in [7, 11) is 0. The molecule has 2 aromatic carbocycles. The van der Waals surface area contributed by atoms with Gasteiger partial charge in [0.15, 0.2) is 6.61 Å². The van der Waals surface area contributed by atoms with E-state index in [1.165, 1.54) is 6.07 Å². The van der Waals surface area contributed by atoms with Crippen LogP contribution in [0.3, 0.4) is 0 Å². The summed E-state index contributed by atoms with van der Waals surface area (Å²) in [4.78, 5) is 0. The van der Waals surface area contributed by atoms with Crippen LogP contribution in [0.4, 0.5) is 10.1 Å². The zero-order valence-corrected chi connectivity index (χ0v) is 11.2. The SMILES string of the molecule is Cc1cccc(F)c1NCc1cccc(OCC#N)c1. The topological polar surface area (TPSA) is 45.0 Å². The Balaban J connectivity index is 2.06. The van der Waals surface area contributed by atoms with Crippen LogP contribution in [-0.2, 0) is 6.54 Å². The molecule has 0 aliphatic heterocycles. The Morgan fingerprint density at radius 3 is 2.80 bits per heavy atom. The average Bonchev–Trinajstić information content (AvgIpc) is 2.45. The van der Waals surface area contributed by atoms with Crippen LogP contribution in [0.1, 0.15) is 11.1 Å². The van der Waals surface area contributed by atoms with E-state index >= 15 is 0 Å². The molecular weight excluding hydrogens is 255 g/mol. The largest absolute Gasteiger partial charge is 0.479 e. The van der Waals surface area contributed by atoms with Gasteiger partial charge in [-0.3, -0.25) is 0 Å². The molecule has 0 aliphatic carbocycles. The second-order valence-electron chi connectivity index (χ2n) is 4.38. The smallest absolute Gasteiger partial charge is 0.174 e. The molecular formula is C16H15FN2O. The van der Waals surface area contributed by atoms with Crippen molar-refractivity contribution < 1.29 is 9.13 Å². The highest BCUT2D eigenvalue weighted by Gasteiger charge is 2.04. The predicted molar refractivity (Wildman–Crippen MR) is 76.0 cm³/mol. The third-order valence-electron chi connectivity index (χ3n) is 2.89. The van der Waals surface area contributed by atoms with E-state index in [2.05, 4.69) is 5.32 Å². The van der Waals surface area contributed by atoms with Crippen LogP contribution >= 0.6 is 0 Å². The van der Waals surface area contributed by atoms with Gasteiger partial charge in [-0.15, -0.1) is 0 Å². The fraction of sp³-hybridized carbons (Fsp3) is 0.188. The fourth-order valence-corrected chi connectivity index (χ4v) is 1.91. The summed E-state index contributed by atoms with van der Waals surface area (Å²) in [6.45, 7) is 2.37. The van der Waals surface area contributed by atoms with Gasteiger partial charge in [-0.2, -0.15) is 5.26 Å². The van der Waals surface area contributed by atoms with Crippen molar-refractivity contribution in [2.45, 2.75) is 13.5 Å². The maximum absolute atomic E-state index is 13.7. The van der Waals surface area contributed by atoms with E-state index in [0.717, 1.165) is 11.1 Å². The normalized spacial score (nSPS) is 9.85. The van der Waals surface area contributed by atoms with Crippen molar-refractivity contribution in [3.05, 3.63) is 59.4 Å². The maximum atomic E-state index is 13.7. The molecule has 0 unspecified atom stereocenters. The van der Waals surface area contributed by atoms with Gasteiger partial charge in [0.05, 0.1) is 5.69 Å². The number of aryl methyl sites for hydroxylation is 1. The molecule has 2 rings (SSSR count). The number of nitrogens with zero attached hydrogens (tertiary/aromatic N) is 1. The van der Waals surface area contributed by atoms with Gasteiger partial charge in [0.2, 0.25) is 0 Å². The Kier molecular flexibility index (Phi) is 4.56. The molecule has 0 saturated carbocycles. The van der Waals surface area contributed by atoms with E-state index < -0.39 is 0 Å². The third-order valence-corrected chi connectivity index (χ3v) is 2.89. The molecule has 0 amide bonds. The lowest BCUT2D eigenvalue weighted by Crippen LogP contribution is -2.03. The van der Waals surface area contributed by atoms with Gasteiger partial charge in [0.25, 0.3) is 0 Å². The van der Waals surface area contributed by atoms with Crippen LogP contribution in [-0.4, -0.2) is 6.61 Å². The van der Waals surface area contributed by atoms with E-state index in [1.54, 1.807) is 12.1 Å². The molecule has 0 atom stereocenters. The molecule has 1 N–H and O–H groups in total. The van der Waals surface area contributed by atoms with Gasteiger partial charge in [-0.25, -0.2) is 4.39 Å². The summed E-state index contributed by atoms with van der Waals surface area (Å²) in [6.07, 6.45) is 0. The van der Waals surface area contributed by atoms with Crippen molar-refractivity contribution in [1.29, 1.82) is 5.26 Å². The first-order valence-corrected chi connectivity index (χ1v) is 6.28. The van der Waals surface area contributed by atoms with E-state index in [0.29, 0.717) is 18.0 Å². The van der Waals surface area contributed by atoms with Crippen LogP contribution < -0.4 is 10.1 Å². The molecule has 0 aromatic heterocycles. The Morgan fingerprint density at radius 2 is 2.05 bits per heavy atom. The van der Waals surface area contributed by atoms with Crippen LogP contribution in [0.5, 0.6) is 5.75 Å².